The highest BCUT2D eigenvalue weighted by Gasteiger charge is 2.44. The fourth-order valence-corrected chi connectivity index (χ4v) is 3.84. The maximum Gasteiger partial charge on any atom is 0.471 e. The third-order valence-corrected chi connectivity index (χ3v) is 5.49. The smallest absolute Gasteiger partial charge is 0.354 e. The molecular formula is C17H24F3N5O2. The Morgan fingerprint density at radius 1 is 1.22 bits per heavy atom. The van der Waals surface area contributed by atoms with Crippen LogP contribution in [0.3, 0.4) is 0 Å². The molecule has 1 aromatic rings. The molecule has 0 radical (unpaired) electrons. The quantitative estimate of drug-likeness (QED) is 0.804. The minimum absolute atomic E-state index is 0.0580. The van der Waals surface area contributed by atoms with Crippen LogP contribution in [0, 0.1) is 5.92 Å². The predicted octanol–water partition coefficient (Wildman–Crippen LogP) is 0.879. The second kappa shape index (κ2) is 7.87. The molecule has 0 saturated carbocycles. The fraction of sp³-hybridized carbons (Fsp3) is 0.706. The average molecular weight is 387 g/mol. The molecule has 2 aliphatic heterocycles. The van der Waals surface area contributed by atoms with E-state index in [1.165, 1.54) is 0 Å². The van der Waals surface area contributed by atoms with Crippen molar-refractivity contribution in [3.05, 3.63) is 18.5 Å². The minimum atomic E-state index is -4.83. The van der Waals surface area contributed by atoms with E-state index >= 15 is 0 Å². The number of alkyl halides is 3. The van der Waals surface area contributed by atoms with Crippen LogP contribution in [0.5, 0.6) is 0 Å². The molecule has 27 heavy (non-hydrogen) atoms. The zero-order valence-corrected chi connectivity index (χ0v) is 15.0. The van der Waals surface area contributed by atoms with Crippen LogP contribution >= 0.6 is 0 Å². The first-order chi connectivity index (χ1) is 12.8. The van der Waals surface area contributed by atoms with Gasteiger partial charge in [0, 0.05) is 32.0 Å². The molecule has 1 aromatic heterocycles. The zero-order valence-electron chi connectivity index (χ0n) is 15.0. The van der Waals surface area contributed by atoms with Gasteiger partial charge in [-0.05, 0) is 50.8 Å². The first kappa shape index (κ1) is 19.7. The summed E-state index contributed by atoms with van der Waals surface area (Å²) in [6.07, 6.45) is 0.734. The number of aromatic nitrogens is 2. The van der Waals surface area contributed by atoms with Gasteiger partial charge < -0.3 is 15.5 Å². The van der Waals surface area contributed by atoms with Crippen molar-refractivity contribution >= 4 is 11.8 Å². The van der Waals surface area contributed by atoms with Gasteiger partial charge in [-0.15, -0.1) is 0 Å². The van der Waals surface area contributed by atoms with E-state index in [9.17, 15) is 22.8 Å². The van der Waals surface area contributed by atoms with Crippen LogP contribution in [-0.2, 0) is 15.1 Å². The Bertz CT molecular complexity index is 648. The van der Waals surface area contributed by atoms with Crippen LogP contribution in [0.4, 0.5) is 13.2 Å². The van der Waals surface area contributed by atoms with Crippen LogP contribution < -0.4 is 10.6 Å². The summed E-state index contributed by atoms with van der Waals surface area (Å²) < 4.78 is 39.2. The van der Waals surface area contributed by atoms with Gasteiger partial charge in [-0.1, -0.05) is 0 Å². The molecule has 2 fully saturated rings. The molecule has 10 heteroatoms. The van der Waals surface area contributed by atoms with Crippen molar-refractivity contribution in [2.75, 3.05) is 32.7 Å². The van der Waals surface area contributed by atoms with Gasteiger partial charge in [-0.3, -0.25) is 14.3 Å². The Kier molecular flexibility index (Phi) is 5.73. The van der Waals surface area contributed by atoms with Crippen molar-refractivity contribution in [1.82, 2.24) is 25.3 Å². The molecule has 2 aliphatic rings. The highest BCUT2D eigenvalue weighted by Crippen LogP contribution is 2.28. The van der Waals surface area contributed by atoms with E-state index in [2.05, 4.69) is 15.7 Å². The predicted molar refractivity (Wildman–Crippen MR) is 90.7 cm³/mol. The SMILES string of the molecule is O=C(N1CCC(CNC(=O)C2(n3cccn3)CCNCC2)CC1)C(F)(F)F. The number of nitrogens with one attached hydrogen (secondary N) is 2. The lowest BCUT2D eigenvalue weighted by Crippen LogP contribution is -2.55. The second-order valence-corrected chi connectivity index (χ2v) is 7.18. The molecule has 150 valence electrons. The fourth-order valence-electron chi connectivity index (χ4n) is 3.84. The van der Waals surface area contributed by atoms with Crippen LogP contribution in [0.1, 0.15) is 25.7 Å². The highest BCUT2D eigenvalue weighted by molar-refractivity contribution is 5.84. The number of hydrogen-bond donors (Lipinski definition) is 2. The summed E-state index contributed by atoms with van der Waals surface area (Å²) in [4.78, 5) is 25.1. The van der Waals surface area contributed by atoms with E-state index in [0.29, 0.717) is 45.3 Å². The Morgan fingerprint density at radius 3 is 2.44 bits per heavy atom. The van der Waals surface area contributed by atoms with Crippen molar-refractivity contribution in [1.29, 1.82) is 0 Å². The van der Waals surface area contributed by atoms with Crippen LogP contribution in [0.2, 0.25) is 0 Å². The largest absolute Gasteiger partial charge is 0.471 e. The van der Waals surface area contributed by atoms with Gasteiger partial charge in [0.1, 0.15) is 5.54 Å². The number of carbonyl (C=O) groups excluding carboxylic acids is 2. The Hall–Kier alpha value is -2.10. The summed E-state index contributed by atoms with van der Waals surface area (Å²) in [5.41, 5.74) is -0.734. The van der Waals surface area contributed by atoms with Crippen LogP contribution in [-0.4, -0.2) is 65.4 Å². The van der Waals surface area contributed by atoms with Crippen molar-refractivity contribution in [2.45, 2.75) is 37.4 Å². The van der Waals surface area contributed by atoms with Gasteiger partial charge in [0.15, 0.2) is 0 Å². The van der Waals surface area contributed by atoms with Crippen LogP contribution in [0.15, 0.2) is 18.5 Å². The maximum absolute atomic E-state index is 13.0. The summed E-state index contributed by atoms with van der Waals surface area (Å²) in [6, 6.07) is 1.78. The summed E-state index contributed by atoms with van der Waals surface area (Å²) in [6.45, 7) is 1.94. The summed E-state index contributed by atoms with van der Waals surface area (Å²) in [5, 5.41) is 10.5. The van der Waals surface area contributed by atoms with E-state index < -0.39 is 17.6 Å². The van der Waals surface area contributed by atoms with Crippen molar-refractivity contribution < 1.29 is 22.8 Å². The van der Waals surface area contributed by atoms with Gasteiger partial charge in [-0.25, -0.2) is 0 Å². The third-order valence-electron chi connectivity index (χ3n) is 5.49. The summed E-state index contributed by atoms with van der Waals surface area (Å²) in [7, 11) is 0. The standard InChI is InChI=1S/C17H24F3N5O2/c18-17(19,20)15(27)24-10-2-13(3-11-24)12-22-14(26)16(4-7-21-8-5-16)25-9-1-6-23-25/h1,6,9,13,21H,2-5,7-8,10-12H2,(H,22,26). The number of amides is 2. The molecule has 0 spiro atoms. The molecule has 3 rings (SSSR count). The highest BCUT2D eigenvalue weighted by atomic mass is 19.4. The lowest BCUT2D eigenvalue weighted by molar-refractivity contribution is -0.186. The van der Waals surface area contributed by atoms with Gasteiger partial charge in [-0.2, -0.15) is 18.3 Å². The molecule has 2 saturated heterocycles. The zero-order chi connectivity index (χ0) is 19.5. The molecule has 0 bridgehead atoms. The number of hydrogen-bond acceptors (Lipinski definition) is 4. The minimum Gasteiger partial charge on any atom is -0.354 e. The first-order valence-corrected chi connectivity index (χ1v) is 9.18. The molecule has 0 unspecified atom stereocenters. The van der Waals surface area contributed by atoms with E-state index in [4.69, 9.17) is 0 Å². The molecular weight excluding hydrogens is 363 g/mol. The van der Waals surface area contributed by atoms with Crippen molar-refractivity contribution in [3.8, 4) is 0 Å². The Balaban J connectivity index is 1.54. The van der Waals surface area contributed by atoms with Gasteiger partial charge in [0.2, 0.25) is 5.91 Å². The van der Waals surface area contributed by atoms with E-state index in [-0.39, 0.29) is 24.9 Å². The Labute approximate surface area is 155 Å². The monoisotopic (exact) mass is 387 g/mol. The first-order valence-electron chi connectivity index (χ1n) is 9.18. The number of likely N-dealkylation sites (tertiary alicyclic amines) is 1. The van der Waals surface area contributed by atoms with E-state index in [0.717, 1.165) is 4.90 Å². The topological polar surface area (TPSA) is 79.3 Å². The van der Waals surface area contributed by atoms with Gasteiger partial charge >= 0.3 is 12.1 Å². The number of rotatable bonds is 4. The molecule has 0 aromatic carbocycles. The number of piperidine rings is 2. The lowest BCUT2D eigenvalue weighted by Gasteiger charge is -2.37. The van der Waals surface area contributed by atoms with E-state index in [1.54, 1.807) is 23.1 Å². The summed E-state index contributed by atoms with van der Waals surface area (Å²) in [5.74, 6) is -1.83. The summed E-state index contributed by atoms with van der Waals surface area (Å²) >= 11 is 0. The van der Waals surface area contributed by atoms with Crippen molar-refractivity contribution in [3.63, 3.8) is 0 Å². The number of nitrogens with zero attached hydrogens (tertiary/aromatic N) is 3. The van der Waals surface area contributed by atoms with Gasteiger partial charge in [0.05, 0.1) is 0 Å². The molecule has 0 aliphatic carbocycles. The third kappa shape index (κ3) is 4.26. The molecule has 2 amide bonds. The maximum atomic E-state index is 13.0. The molecule has 7 nitrogen and oxygen atoms in total. The number of carbonyl (C=O) groups is 2. The molecule has 3 heterocycles. The molecule has 2 N–H and O–H groups in total. The van der Waals surface area contributed by atoms with E-state index in [1.807, 2.05) is 0 Å². The number of halogens is 3. The van der Waals surface area contributed by atoms with Crippen molar-refractivity contribution in [2.24, 2.45) is 5.92 Å². The normalized spacial score (nSPS) is 21.1. The van der Waals surface area contributed by atoms with Crippen LogP contribution in [0.25, 0.3) is 0 Å². The second-order valence-electron chi connectivity index (χ2n) is 7.18. The molecule has 0 atom stereocenters. The Morgan fingerprint density at radius 2 is 1.89 bits per heavy atom. The average Bonchev–Trinajstić information content (AvgIpc) is 3.21. The lowest BCUT2D eigenvalue weighted by atomic mass is 9.87. The van der Waals surface area contributed by atoms with Gasteiger partial charge in [0.25, 0.3) is 0 Å².